The maximum atomic E-state index is 13.6. The number of likely N-dealkylation sites (tertiary alicyclic amines) is 1. The van der Waals surface area contributed by atoms with Gasteiger partial charge in [-0.3, -0.25) is 9.59 Å². The molecule has 39 heavy (non-hydrogen) atoms. The summed E-state index contributed by atoms with van der Waals surface area (Å²) >= 11 is 0. The third-order valence-corrected chi connectivity index (χ3v) is 8.53. The minimum atomic E-state index is -0.490. The number of hydrogen-bond acceptors (Lipinski definition) is 5. The zero-order chi connectivity index (χ0) is 26.8. The van der Waals surface area contributed by atoms with Crippen LogP contribution in [0.3, 0.4) is 0 Å². The van der Waals surface area contributed by atoms with Crippen molar-refractivity contribution < 1.29 is 13.6 Å². The molecule has 0 saturated carbocycles. The lowest BCUT2D eigenvalue weighted by Gasteiger charge is -2.42. The van der Waals surface area contributed by atoms with Gasteiger partial charge in [0.05, 0.1) is 23.6 Å². The molecule has 5 aromatic rings. The number of amides is 1. The molecule has 1 unspecified atom stereocenters. The van der Waals surface area contributed by atoms with Gasteiger partial charge in [-0.15, -0.1) is 0 Å². The lowest BCUT2D eigenvalue weighted by molar-refractivity contribution is -0.133. The van der Waals surface area contributed by atoms with Crippen molar-refractivity contribution >= 4 is 27.8 Å². The second kappa shape index (κ2) is 8.83. The highest BCUT2D eigenvalue weighted by atomic mass is 16.4. The molecular weight excluding hydrogens is 492 g/mol. The first kappa shape index (κ1) is 23.7. The fourth-order valence-electron chi connectivity index (χ4n) is 6.69. The van der Waals surface area contributed by atoms with E-state index in [4.69, 9.17) is 8.83 Å². The van der Waals surface area contributed by atoms with Crippen LogP contribution in [0.2, 0.25) is 0 Å². The van der Waals surface area contributed by atoms with E-state index < -0.39 is 5.63 Å². The smallest absolute Gasteiger partial charge is 0.340 e. The highest BCUT2D eigenvalue weighted by Crippen LogP contribution is 2.39. The first-order valence-corrected chi connectivity index (χ1v) is 13.4. The number of carbonyl (C=O) groups excluding carboxylic acids is 1. The maximum absolute atomic E-state index is 13.6. The van der Waals surface area contributed by atoms with Gasteiger partial charge in [0.15, 0.2) is 0 Å². The van der Waals surface area contributed by atoms with Crippen molar-refractivity contribution in [3.05, 3.63) is 104 Å². The van der Waals surface area contributed by atoms with Crippen molar-refractivity contribution in [2.75, 3.05) is 13.1 Å². The van der Waals surface area contributed by atoms with Crippen LogP contribution in [0.15, 0.2) is 79.3 Å². The van der Waals surface area contributed by atoms with Gasteiger partial charge in [0, 0.05) is 48.3 Å². The molecule has 2 aliphatic rings. The Hall–Kier alpha value is -4.39. The molecule has 2 bridgehead atoms. The van der Waals surface area contributed by atoms with E-state index in [0.29, 0.717) is 41.9 Å². The molecular formula is C32H28N2O5. The summed E-state index contributed by atoms with van der Waals surface area (Å²) in [6.07, 6.45) is 2.67. The molecule has 0 spiro atoms. The summed E-state index contributed by atoms with van der Waals surface area (Å²) in [5.41, 5.74) is 5.69. The number of fused-ring (bicyclic) bond motifs is 7. The number of nitrogens with zero attached hydrogens (tertiary/aromatic N) is 2. The van der Waals surface area contributed by atoms with Crippen LogP contribution in [0.5, 0.6) is 0 Å². The molecule has 7 rings (SSSR count). The summed E-state index contributed by atoms with van der Waals surface area (Å²) in [4.78, 5) is 40.9. The quantitative estimate of drug-likeness (QED) is 0.306. The molecule has 0 N–H and O–H groups in total. The Kier molecular flexibility index (Phi) is 5.37. The van der Waals surface area contributed by atoms with Crippen LogP contribution in [0, 0.1) is 19.8 Å². The molecule has 3 aromatic heterocycles. The Morgan fingerprint density at radius 1 is 0.974 bits per heavy atom. The predicted molar refractivity (Wildman–Crippen MR) is 149 cm³/mol. The van der Waals surface area contributed by atoms with E-state index in [1.165, 1.54) is 0 Å². The zero-order valence-electron chi connectivity index (χ0n) is 21.9. The maximum Gasteiger partial charge on any atom is 0.340 e. The molecule has 1 amide bonds. The first-order valence-electron chi connectivity index (χ1n) is 13.4. The van der Waals surface area contributed by atoms with Gasteiger partial charge in [-0.1, -0.05) is 36.4 Å². The molecule has 1 saturated heterocycles. The van der Waals surface area contributed by atoms with Crippen LogP contribution >= 0.6 is 0 Å². The highest BCUT2D eigenvalue weighted by molar-refractivity contribution is 6.11. The number of furan rings is 1. The molecule has 0 radical (unpaired) electrons. The molecule has 2 aliphatic heterocycles. The van der Waals surface area contributed by atoms with Crippen molar-refractivity contribution in [1.82, 2.24) is 9.47 Å². The number of aryl methyl sites for hydroxylation is 2. The summed E-state index contributed by atoms with van der Waals surface area (Å²) in [5, 5.41) is 1.70. The van der Waals surface area contributed by atoms with Crippen LogP contribution in [0.25, 0.3) is 33.1 Å². The average molecular weight is 521 g/mol. The zero-order valence-corrected chi connectivity index (χ0v) is 21.9. The number of aromatic nitrogens is 1. The molecule has 2 atom stereocenters. The SMILES string of the molecule is Cc1cc2oc(=O)c(CC(=O)N3CC4C[C@@H](C3)c3cccc(=O)n3C4)c(C)c2c2occ(-c3ccccc3)c12. The summed E-state index contributed by atoms with van der Waals surface area (Å²) in [5.74, 6) is 0.238. The van der Waals surface area contributed by atoms with Crippen molar-refractivity contribution in [3.63, 3.8) is 0 Å². The van der Waals surface area contributed by atoms with Gasteiger partial charge in [-0.05, 0) is 55.0 Å². The van der Waals surface area contributed by atoms with Gasteiger partial charge in [-0.2, -0.15) is 0 Å². The van der Waals surface area contributed by atoms with Gasteiger partial charge in [0.1, 0.15) is 11.2 Å². The Bertz CT molecular complexity index is 1900. The van der Waals surface area contributed by atoms with Gasteiger partial charge in [-0.25, -0.2) is 4.79 Å². The van der Waals surface area contributed by atoms with E-state index in [1.807, 2.05) is 65.8 Å². The number of pyridine rings is 1. The number of benzene rings is 2. The normalized spacial score (nSPS) is 18.5. The molecule has 1 fully saturated rings. The predicted octanol–water partition coefficient (Wildman–Crippen LogP) is 5.17. The Morgan fingerprint density at radius 3 is 2.62 bits per heavy atom. The summed E-state index contributed by atoms with van der Waals surface area (Å²) in [7, 11) is 0. The number of rotatable bonds is 3. The van der Waals surface area contributed by atoms with Crippen molar-refractivity contribution in [1.29, 1.82) is 0 Å². The van der Waals surface area contributed by atoms with Gasteiger partial charge in [0.2, 0.25) is 5.91 Å². The minimum Gasteiger partial charge on any atom is -0.463 e. The van der Waals surface area contributed by atoms with Crippen LogP contribution < -0.4 is 11.2 Å². The van der Waals surface area contributed by atoms with Gasteiger partial charge < -0.3 is 18.3 Å². The molecule has 7 nitrogen and oxygen atoms in total. The summed E-state index contributed by atoms with van der Waals surface area (Å²) in [6, 6.07) is 17.3. The average Bonchev–Trinajstić information content (AvgIpc) is 3.37. The third kappa shape index (κ3) is 3.75. The fraction of sp³-hybridized carbons (Fsp3) is 0.281. The summed E-state index contributed by atoms with van der Waals surface area (Å²) in [6.45, 7) is 5.59. The van der Waals surface area contributed by atoms with Crippen LogP contribution in [0.4, 0.5) is 0 Å². The highest BCUT2D eigenvalue weighted by Gasteiger charge is 2.36. The van der Waals surface area contributed by atoms with E-state index in [9.17, 15) is 14.4 Å². The Balaban J connectivity index is 1.26. The van der Waals surface area contributed by atoms with E-state index in [0.717, 1.165) is 39.6 Å². The van der Waals surface area contributed by atoms with Crippen molar-refractivity contribution in [2.24, 2.45) is 5.92 Å². The second-order valence-electron chi connectivity index (χ2n) is 11.0. The monoisotopic (exact) mass is 520 g/mol. The van der Waals surface area contributed by atoms with E-state index in [1.54, 1.807) is 18.4 Å². The molecule has 5 heterocycles. The largest absolute Gasteiger partial charge is 0.463 e. The second-order valence-corrected chi connectivity index (χ2v) is 11.0. The molecule has 196 valence electrons. The first-order chi connectivity index (χ1) is 18.9. The fourth-order valence-corrected chi connectivity index (χ4v) is 6.69. The van der Waals surface area contributed by atoms with E-state index >= 15 is 0 Å². The Morgan fingerprint density at radius 2 is 1.79 bits per heavy atom. The lowest BCUT2D eigenvalue weighted by Crippen LogP contribution is -2.49. The standard InChI is InChI=1S/C32H28N2O5/c1-18-11-26-30(31-29(18)24(17-38-31)21-7-4-3-5-8-21)19(2)23(32(37)39-26)13-28(36)33-14-20-12-22(16-33)25-9-6-10-27(35)34(25)15-20/h3-11,17,20,22H,12-16H2,1-2H3/t20?,22-/m0/s1. The number of piperidine rings is 1. The molecule has 7 heteroatoms. The lowest BCUT2D eigenvalue weighted by atomic mass is 9.83. The van der Waals surface area contributed by atoms with E-state index in [-0.39, 0.29) is 29.7 Å². The van der Waals surface area contributed by atoms with Crippen molar-refractivity contribution in [2.45, 2.75) is 39.2 Å². The van der Waals surface area contributed by atoms with Crippen LogP contribution in [-0.2, 0) is 17.8 Å². The van der Waals surface area contributed by atoms with Gasteiger partial charge >= 0.3 is 5.63 Å². The third-order valence-electron chi connectivity index (χ3n) is 8.53. The summed E-state index contributed by atoms with van der Waals surface area (Å²) < 4.78 is 13.7. The van der Waals surface area contributed by atoms with Crippen LogP contribution in [-0.4, -0.2) is 28.5 Å². The molecule has 0 aliphatic carbocycles. The van der Waals surface area contributed by atoms with Crippen LogP contribution in [0.1, 0.15) is 34.7 Å². The van der Waals surface area contributed by atoms with Crippen molar-refractivity contribution in [3.8, 4) is 11.1 Å². The topological polar surface area (TPSA) is 85.7 Å². The number of hydrogen-bond donors (Lipinski definition) is 0. The Labute approximate surface area is 224 Å². The minimum absolute atomic E-state index is 0.0151. The number of carbonyl (C=O) groups is 1. The molecule has 2 aromatic carbocycles. The van der Waals surface area contributed by atoms with Gasteiger partial charge in [0.25, 0.3) is 5.56 Å². The van der Waals surface area contributed by atoms with E-state index in [2.05, 4.69) is 0 Å².